The van der Waals surface area contributed by atoms with E-state index in [9.17, 15) is 24.0 Å². The van der Waals surface area contributed by atoms with Crippen LogP contribution in [0.25, 0.3) is 0 Å². The molecule has 0 aliphatic carbocycles. The van der Waals surface area contributed by atoms with E-state index in [2.05, 4.69) is 33.1 Å². The maximum Gasteiger partial charge on any atom is 0.407 e. The minimum Gasteiger partial charge on any atom is -0.445 e. The van der Waals surface area contributed by atoms with Crippen LogP contribution in [0.15, 0.2) is 72.8 Å². The summed E-state index contributed by atoms with van der Waals surface area (Å²) in [4.78, 5) is 65.8. The van der Waals surface area contributed by atoms with Crippen molar-refractivity contribution in [3.63, 3.8) is 0 Å². The van der Waals surface area contributed by atoms with Crippen molar-refractivity contribution in [3.05, 3.63) is 101 Å². The zero-order valence-electron chi connectivity index (χ0n) is 32.2. The molecule has 5 amide bonds. The number of alkyl carbamates (subject to hydrolysis) is 1. The van der Waals surface area contributed by atoms with Crippen molar-refractivity contribution in [2.75, 3.05) is 18.0 Å². The summed E-state index contributed by atoms with van der Waals surface area (Å²) in [5.74, 6) is 5.19. The van der Waals surface area contributed by atoms with Gasteiger partial charge in [-0.05, 0) is 59.6 Å². The minimum atomic E-state index is -0.759. The number of carbonyl (C=O) groups excluding carboxylic acids is 5. The second-order valence-electron chi connectivity index (χ2n) is 15.1. The van der Waals surface area contributed by atoms with Crippen molar-refractivity contribution in [3.8, 4) is 11.8 Å². The van der Waals surface area contributed by atoms with E-state index in [0.29, 0.717) is 13.1 Å². The number of hydrogen-bond acceptors (Lipinski definition) is 6. The number of amides is 5. The molecular formula is C43H53N5O6. The Hall–Kier alpha value is -5.63. The molecule has 0 fully saturated rings. The van der Waals surface area contributed by atoms with Crippen LogP contribution in [0.3, 0.4) is 0 Å². The average Bonchev–Trinajstić information content (AvgIpc) is 3.12. The van der Waals surface area contributed by atoms with Gasteiger partial charge in [0.25, 0.3) is 0 Å². The Morgan fingerprint density at radius 3 is 2.13 bits per heavy atom. The smallest absolute Gasteiger partial charge is 0.407 e. The lowest BCUT2D eigenvalue weighted by Gasteiger charge is -2.26. The molecule has 2 atom stereocenters. The lowest BCUT2D eigenvalue weighted by atomic mass is 9.97. The minimum absolute atomic E-state index is 0.0461. The normalized spacial score (nSPS) is 13.1. The number of benzene rings is 3. The van der Waals surface area contributed by atoms with Gasteiger partial charge < -0.3 is 30.9 Å². The Kier molecular flexibility index (Phi) is 14.8. The summed E-state index contributed by atoms with van der Waals surface area (Å²) in [6.45, 7) is 12.8. The molecule has 0 saturated carbocycles. The largest absolute Gasteiger partial charge is 0.445 e. The van der Waals surface area contributed by atoms with Crippen molar-refractivity contribution in [1.82, 2.24) is 21.3 Å². The SMILES string of the molecule is CC(C)[C@H](NC(=O)CCCC(=O)NCCC(=O)N1Cc2ccccc2C#Cc2ccccc21)C(=O)N[C@@H](C)c1ccc(COC(=O)NCC(C)(C)C)cc1. The number of hydrogen-bond donors (Lipinski definition) is 4. The van der Waals surface area contributed by atoms with Gasteiger partial charge in [0.15, 0.2) is 0 Å². The van der Waals surface area contributed by atoms with Gasteiger partial charge in [-0.15, -0.1) is 0 Å². The third-order valence-electron chi connectivity index (χ3n) is 8.88. The Labute approximate surface area is 319 Å². The van der Waals surface area contributed by atoms with Gasteiger partial charge in [0.1, 0.15) is 12.6 Å². The number of fused-ring (bicyclic) bond motifs is 2. The Balaban J connectivity index is 1.18. The molecule has 11 nitrogen and oxygen atoms in total. The van der Waals surface area contributed by atoms with E-state index in [1.165, 1.54) is 0 Å². The lowest BCUT2D eigenvalue weighted by Crippen LogP contribution is -2.50. The monoisotopic (exact) mass is 735 g/mol. The Bertz CT molecular complexity index is 1850. The maximum absolute atomic E-state index is 13.4. The average molecular weight is 736 g/mol. The van der Waals surface area contributed by atoms with Crippen LogP contribution in [-0.2, 0) is 37.1 Å². The van der Waals surface area contributed by atoms with Crippen LogP contribution in [0, 0.1) is 23.2 Å². The van der Waals surface area contributed by atoms with E-state index in [0.717, 1.165) is 33.5 Å². The number of para-hydroxylation sites is 1. The van der Waals surface area contributed by atoms with Crippen LogP contribution in [0.5, 0.6) is 0 Å². The third kappa shape index (κ3) is 12.8. The van der Waals surface area contributed by atoms with Crippen LogP contribution in [0.4, 0.5) is 10.5 Å². The van der Waals surface area contributed by atoms with E-state index < -0.39 is 12.1 Å². The summed E-state index contributed by atoms with van der Waals surface area (Å²) in [6.07, 6.45) is 0.0980. The molecule has 0 unspecified atom stereocenters. The van der Waals surface area contributed by atoms with E-state index >= 15 is 0 Å². The number of carbonyl (C=O) groups is 5. The summed E-state index contributed by atoms with van der Waals surface area (Å²) in [5, 5.41) is 11.4. The highest BCUT2D eigenvalue weighted by molar-refractivity contribution is 5.95. The van der Waals surface area contributed by atoms with E-state index in [1.54, 1.807) is 4.90 Å². The van der Waals surface area contributed by atoms with E-state index in [1.807, 2.05) is 114 Å². The first-order chi connectivity index (χ1) is 25.7. The van der Waals surface area contributed by atoms with Gasteiger partial charge in [0.2, 0.25) is 23.6 Å². The fourth-order valence-electron chi connectivity index (χ4n) is 5.76. The molecule has 1 aliphatic rings. The van der Waals surface area contributed by atoms with Gasteiger partial charge in [-0.1, -0.05) is 101 Å². The van der Waals surface area contributed by atoms with Crippen LogP contribution < -0.4 is 26.2 Å². The molecule has 1 heterocycles. The molecule has 0 bridgehead atoms. The third-order valence-corrected chi connectivity index (χ3v) is 8.88. The first-order valence-electron chi connectivity index (χ1n) is 18.6. The molecular weight excluding hydrogens is 683 g/mol. The van der Waals surface area contributed by atoms with Crippen molar-refractivity contribution < 1.29 is 28.7 Å². The quantitative estimate of drug-likeness (QED) is 0.143. The zero-order chi connectivity index (χ0) is 39.3. The second-order valence-corrected chi connectivity index (χ2v) is 15.1. The second kappa shape index (κ2) is 19.4. The first-order valence-corrected chi connectivity index (χ1v) is 18.6. The van der Waals surface area contributed by atoms with Crippen molar-refractivity contribution in [2.24, 2.45) is 11.3 Å². The van der Waals surface area contributed by atoms with Crippen LogP contribution >= 0.6 is 0 Å². The topological polar surface area (TPSA) is 146 Å². The van der Waals surface area contributed by atoms with Gasteiger partial charge in [0, 0.05) is 43.5 Å². The fraction of sp³-hybridized carbons (Fsp3) is 0.419. The Morgan fingerprint density at radius 2 is 1.43 bits per heavy atom. The molecule has 54 heavy (non-hydrogen) atoms. The molecule has 11 heteroatoms. The Morgan fingerprint density at radius 1 is 0.778 bits per heavy atom. The zero-order valence-corrected chi connectivity index (χ0v) is 32.2. The number of nitrogens with zero attached hydrogens (tertiary/aromatic N) is 1. The molecule has 3 aromatic carbocycles. The van der Waals surface area contributed by atoms with E-state index in [-0.39, 0.29) is 79.8 Å². The summed E-state index contributed by atoms with van der Waals surface area (Å²) in [5.41, 5.74) is 4.96. The van der Waals surface area contributed by atoms with Gasteiger partial charge >= 0.3 is 6.09 Å². The number of ether oxygens (including phenoxy) is 1. The number of rotatable bonds is 15. The first kappa shape index (κ1) is 41.1. The van der Waals surface area contributed by atoms with E-state index in [4.69, 9.17) is 4.74 Å². The molecule has 0 aromatic heterocycles. The predicted octanol–water partition coefficient (Wildman–Crippen LogP) is 5.90. The van der Waals surface area contributed by atoms with Gasteiger partial charge in [-0.2, -0.15) is 0 Å². The molecule has 4 N–H and O–H groups in total. The predicted molar refractivity (Wildman–Crippen MR) is 209 cm³/mol. The van der Waals surface area contributed by atoms with Crippen LogP contribution in [0.2, 0.25) is 0 Å². The summed E-state index contributed by atoms with van der Waals surface area (Å²) < 4.78 is 5.30. The fourth-order valence-corrected chi connectivity index (χ4v) is 5.76. The van der Waals surface area contributed by atoms with Crippen LogP contribution in [0.1, 0.15) is 101 Å². The highest BCUT2D eigenvalue weighted by Gasteiger charge is 2.26. The highest BCUT2D eigenvalue weighted by Crippen LogP contribution is 2.26. The van der Waals surface area contributed by atoms with Gasteiger partial charge in [-0.25, -0.2) is 4.79 Å². The van der Waals surface area contributed by atoms with Crippen molar-refractivity contribution in [1.29, 1.82) is 0 Å². The lowest BCUT2D eigenvalue weighted by molar-refractivity contribution is -0.130. The molecule has 3 aromatic rings. The van der Waals surface area contributed by atoms with Crippen LogP contribution in [-0.4, -0.2) is 48.9 Å². The summed E-state index contributed by atoms with van der Waals surface area (Å²) in [7, 11) is 0. The maximum atomic E-state index is 13.4. The van der Waals surface area contributed by atoms with Crippen molar-refractivity contribution >= 4 is 35.4 Å². The number of nitrogens with one attached hydrogen (secondary N) is 4. The van der Waals surface area contributed by atoms with Gasteiger partial charge in [0.05, 0.1) is 18.3 Å². The number of anilines is 1. The van der Waals surface area contributed by atoms with Crippen molar-refractivity contribution in [2.45, 2.75) is 92.5 Å². The molecule has 0 saturated heterocycles. The molecule has 0 spiro atoms. The van der Waals surface area contributed by atoms with Gasteiger partial charge in [-0.3, -0.25) is 19.2 Å². The molecule has 286 valence electrons. The standard InChI is InChI=1S/C43H53N5O6/c1-29(2)40(41(52)46-30(3)32-20-18-31(19-21-32)27-54-42(53)45-28-43(4,5)6)47-38(50)17-11-16-37(49)44-25-24-39(51)48-26-35-14-8-7-12-33(35)22-23-34-13-9-10-15-36(34)48/h7-10,12-15,18-21,29-30,40H,11,16-17,24-28H2,1-6H3,(H,44,49)(H,45,53)(H,46,52)(H,47,50)/t30-,40-/m0/s1. The summed E-state index contributed by atoms with van der Waals surface area (Å²) >= 11 is 0. The molecule has 0 radical (unpaired) electrons. The summed E-state index contributed by atoms with van der Waals surface area (Å²) in [6, 6.07) is 21.6. The molecule has 1 aliphatic heterocycles. The molecule has 4 rings (SSSR count). The highest BCUT2D eigenvalue weighted by atomic mass is 16.5.